The van der Waals surface area contributed by atoms with E-state index in [-0.39, 0.29) is 0 Å². The molecule has 0 atom stereocenters. The van der Waals surface area contributed by atoms with Crippen molar-refractivity contribution in [3.8, 4) is 0 Å². The van der Waals surface area contributed by atoms with Gasteiger partial charge in [-0.25, -0.2) is 0 Å². The highest BCUT2D eigenvalue weighted by Gasteiger charge is 1.72. The number of rotatable bonds is 2. The Morgan fingerprint density at radius 1 is 1.33 bits per heavy atom. The van der Waals surface area contributed by atoms with Crippen molar-refractivity contribution in [1.82, 2.24) is 0 Å². The largest absolute Gasteiger partial charge is 0.211 e. The van der Waals surface area contributed by atoms with Gasteiger partial charge in [0.1, 0.15) is 0 Å². The Balaban J connectivity index is 0.000000217. The smallest absolute Gasteiger partial charge is 0.101 e. The molecule has 0 saturated carbocycles. The third-order valence-corrected chi connectivity index (χ3v) is 2.30. The Labute approximate surface area is 84.4 Å². The lowest BCUT2D eigenvalue weighted by molar-refractivity contribution is 0.884. The van der Waals surface area contributed by atoms with Gasteiger partial charge in [-0.2, -0.15) is 0 Å². The van der Waals surface area contributed by atoms with E-state index in [4.69, 9.17) is 0 Å². The maximum Gasteiger partial charge on any atom is 0.211 e. The first kappa shape index (κ1) is 11.8. The predicted molar refractivity (Wildman–Crippen MR) is 58.3 cm³/mol. The van der Waals surface area contributed by atoms with E-state index in [0.29, 0.717) is 0 Å². The van der Waals surface area contributed by atoms with Crippen LogP contribution in [0.5, 0.6) is 0 Å². The molecule has 0 nitrogen and oxygen atoms in total. The molecule has 1 aromatic carbocycles. The molecule has 0 unspecified atom stereocenters. The third-order valence-electron chi connectivity index (χ3n) is 1.59. The molecule has 1 heteroatoms. The maximum absolute atomic E-state index is 2.93. The van der Waals surface area contributed by atoms with Crippen molar-refractivity contribution in [2.24, 2.45) is 0 Å². The molecular formula is C11H18Al. The van der Waals surface area contributed by atoms with Gasteiger partial charge in [-0.05, 0) is 13.0 Å². The normalized spacial score (nSPS) is 8.50. The Hall–Kier alpha value is -0.248. The van der Waals surface area contributed by atoms with Gasteiger partial charge in [0.15, 0.2) is 0 Å². The molecule has 0 aliphatic rings. The summed E-state index contributed by atoms with van der Waals surface area (Å²) in [5.41, 5.74) is 1.29. The number of hydrogen-bond acceptors (Lipinski definition) is 0. The molecule has 0 N–H and O–H groups in total. The first-order valence-corrected chi connectivity index (χ1v) is 6.15. The van der Waals surface area contributed by atoms with Gasteiger partial charge in [0.2, 0.25) is 16.3 Å². The van der Waals surface area contributed by atoms with Crippen molar-refractivity contribution in [2.75, 3.05) is 0 Å². The van der Waals surface area contributed by atoms with Crippen molar-refractivity contribution in [3.63, 3.8) is 0 Å². The summed E-state index contributed by atoms with van der Waals surface area (Å²) in [4.78, 5) is 0. The van der Waals surface area contributed by atoms with Crippen LogP contribution in [0.1, 0.15) is 25.3 Å². The Morgan fingerprint density at radius 2 is 1.92 bits per heavy atom. The molecule has 1 rings (SSSR count). The van der Waals surface area contributed by atoms with Crippen LogP contribution in [0.3, 0.4) is 0 Å². The molecule has 0 aliphatic heterocycles. The molecule has 0 aliphatic carbocycles. The van der Waals surface area contributed by atoms with E-state index in [0.717, 1.165) is 0 Å². The third kappa shape index (κ3) is 7.86. The van der Waals surface area contributed by atoms with Gasteiger partial charge in [0, 0.05) is 0 Å². The lowest BCUT2D eigenvalue weighted by Crippen LogP contribution is -1.63. The van der Waals surface area contributed by atoms with Gasteiger partial charge < -0.3 is 0 Å². The predicted octanol–water partition coefficient (Wildman–Crippen LogP) is 2.63. The van der Waals surface area contributed by atoms with E-state index in [2.05, 4.69) is 19.9 Å². The topological polar surface area (TPSA) is 0 Å². The summed E-state index contributed by atoms with van der Waals surface area (Å²) < 4.78 is 0. The van der Waals surface area contributed by atoms with Crippen molar-refractivity contribution in [3.05, 3.63) is 35.9 Å². The molecule has 65 valence electrons. The van der Waals surface area contributed by atoms with E-state index in [1.165, 1.54) is 40.0 Å². The summed E-state index contributed by atoms with van der Waals surface area (Å²) >= 11 is 1.40. The minimum Gasteiger partial charge on any atom is -0.101 e. The maximum atomic E-state index is 2.93. The molecule has 0 fully saturated rings. The van der Waals surface area contributed by atoms with Crippen LogP contribution in [0.25, 0.3) is 0 Å². The lowest BCUT2D eigenvalue weighted by atomic mass is 10.2. The Morgan fingerprint density at radius 3 is 2.08 bits per heavy atom. The monoisotopic (exact) mass is 177 g/mol. The van der Waals surface area contributed by atoms with Crippen LogP contribution in [0.2, 0.25) is 5.28 Å². The fraction of sp³-hybridized carbons (Fsp3) is 0.455. The van der Waals surface area contributed by atoms with Crippen molar-refractivity contribution >= 4 is 16.3 Å². The second kappa shape index (κ2) is 8.85. The highest BCUT2D eigenvalue weighted by molar-refractivity contribution is 6.08. The summed E-state index contributed by atoms with van der Waals surface area (Å²) in [5, 5.41) is 1.48. The van der Waals surface area contributed by atoms with Crippen LogP contribution in [-0.4, -0.2) is 16.3 Å². The van der Waals surface area contributed by atoms with Gasteiger partial charge >= 0.3 is 0 Å². The van der Waals surface area contributed by atoms with Gasteiger partial charge in [0.25, 0.3) is 0 Å². The fourth-order valence-corrected chi connectivity index (χ4v) is 1.53. The van der Waals surface area contributed by atoms with Gasteiger partial charge in [-0.1, -0.05) is 49.6 Å². The minimum absolute atomic E-state index is 1.29. The van der Waals surface area contributed by atoms with Crippen LogP contribution >= 0.6 is 0 Å². The molecule has 0 bridgehead atoms. The van der Waals surface area contributed by atoms with Crippen LogP contribution < -0.4 is 0 Å². The number of hydrogen-bond donors (Lipinski definition) is 0. The minimum atomic E-state index is 1.29. The first-order valence-electron chi connectivity index (χ1n) is 4.74. The molecule has 0 spiro atoms. The zero-order chi connectivity index (χ0) is 9.23. The average molecular weight is 177 g/mol. The summed E-state index contributed by atoms with van der Waals surface area (Å²) in [6.45, 7) is 4.30. The van der Waals surface area contributed by atoms with Gasteiger partial charge in [0.05, 0.1) is 0 Å². The zero-order valence-corrected chi connectivity index (χ0v) is 10.4. The van der Waals surface area contributed by atoms with E-state index < -0.39 is 0 Å². The molecule has 0 heterocycles. The lowest BCUT2D eigenvalue weighted by Gasteiger charge is -1.82. The summed E-state index contributed by atoms with van der Waals surface area (Å²) in [6, 6.07) is 10.8. The Bertz CT molecular complexity index is 168. The molecule has 1 radical (unpaired) electrons. The van der Waals surface area contributed by atoms with Gasteiger partial charge in [-0.15, -0.1) is 5.28 Å². The van der Waals surface area contributed by atoms with E-state index >= 15 is 0 Å². The van der Waals surface area contributed by atoms with E-state index in [1.54, 1.807) is 0 Å². The first-order chi connectivity index (χ1) is 5.81. The Kier molecular flexibility index (Phi) is 8.66. The molecule has 12 heavy (non-hydrogen) atoms. The SMILES string of the molecule is CCC[CH2][AlH2].Cc1cc[c]cc1. The molecule has 1 aromatic rings. The highest BCUT2D eigenvalue weighted by Crippen LogP contribution is 1.91. The average Bonchev–Trinajstić information content (AvgIpc) is 2.08. The van der Waals surface area contributed by atoms with Crippen LogP contribution in [-0.2, 0) is 0 Å². The van der Waals surface area contributed by atoms with E-state index in [1.807, 2.05) is 24.3 Å². The standard InChI is InChI=1S/C7H7.C4H9.Al.2H/c1-7-5-3-2-4-6-7;1-3-4-2;;;/h3-6H,1H3;1,3-4H2,2H3;;;. The number of aryl methyl sites for hydroxylation is 1. The molecule has 0 amide bonds. The second-order valence-electron chi connectivity index (χ2n) is 2.93. The summed E-state index contributed by atoms with van der Waals surface area (Å²) in [6.07, 6.45) is 2.83. The number of unbranched alkanes of at least 4 members (excludes halogenated alkanes) is 1. The quantitative estimate of drug-likeness (QED) is 0.609. The van der Waals surface area contributed by atoms with E-state index in [9.17, 15) is 0 Å². The van der Waals surface area contributed by atoms with Crippen LogP contribution in [0.4, 0.5) is 0 Å². The molecular weight excluding hydrogens is 159 g/mol. The van der Waals surface area contributed by atoms with Crippen LogP contribution in [0.15, 0.2) is 24.3 Å². The fourth-order valence-electron chi connectivity index (χ4n) is 0.824. The summed E-state index contributed by atoms with van der Waals surface area (Å²) in [7, 11) is 0. The van der Waals surface area contributed by atoms with Crippen molar-refractivity contribution in [2.45, 2.75) is 32.0 Å². The number of benzene rings is 1. The summed E-state index contributed by atoms with van der Waals surface area (Å²) in [5.74, 6) is 0. The molecule has 0 aromatic heterocycles. The second-order valence-corrected chi connectivity index (χ2v) is 3.93. The highest BCUT2D eigenvalue weighted by atomic mass is 27.0. The van der Waals surface area contributed by atoms with Gasteiger partial charge in [-0.3, -0.25) is 0 Å². The van der Waals surface area contributed by atoms with Crippen LogP contribution in [0, 0.1) is 13.0 Å². The van der Waals surface area contributed by atoms with Crippen molar-refractivity contribution < 1.29 is 0 Å². The molecule has 0 saturated heterocycles. The van der Waals surface area contributed by atoms with Crippen molar-refractivity contribution in [1.29, 1.82) is 0 Å². The zero-order valence-electron chi connectivity index (χ0n) is 8.43.